The lowest BCUT2D eigenvalue weighted by atomic mass is 11.1. The van der Waals surface area contributed by atoms with Crippen molar-refractivity contribution in [2.45, 2.75) is 6.55 Å². The van der Waals surface area contributed by atoms with Crippen LogP contribution in [0.15, 0.2) is 25.7 Å². The van der Waals surface area contributed by atoms with E-state index < -0.39 is 0 Å². The molecule has 0 aromatic rings. The van der Waals surface area contributed by atoms with Gasteiger partial charge >= 0.3 is 9.76 Å². The average molecular weight is 113 g/mol. The summed E-state index contributed by atoms with van der Waals surface area (Å²) < 4.78 is 2.63. The molecule has 0 heterocycles. The quantitative estimate of drug-likeness (QED) is 0.296. The first-order valence-corrected chi connectivity index (χ1v) is 3.40. The van der Waals surface area contributed by atoms with Crippen molar-refractivity contribution in [1.29, 1.82) is 0 Å². The highest BCUT2D eigenvalue weighted by atomic mass is 28.2. The summed E-state index contributed by atoms with van der Waals surface area (Å²) in [6.07, 6.45) is 3.34. The van der Waals surface area contributed by atoms with Crippen molar-refractivity contribution in [2.24, 2.45) is 0 Å². The molecule has 0 aliphatic carbocycles. The van der Waals surface area contributed by atoms with Crippen LogP contribution in [0, 0.1) is 0 Å². The minimum Gasteiger partial charge on any atom is -0.647 e. The number of rotatable bonds is 3. The predicted molar refractivity (Wildman–Crippen MR) is 33.1 cm³/mol. The lowest BCUT2D eigenvalue weighted by Crippen LogP contribution is -1.98. The van der Waals surface area contributed by atoms with Crippen LogP contribution in [0.2, 0.25) is 6.55 Å². The zero-order chi connectivity index (χ0) is 5.70. The van der Waals surface area contributed by atoms with E-state index in [0.717, 1.165) is 0 Å². The number of hydrogen-bond acceptors (Lipinski definition) is 0. The molecule has 38 valence electrons. The van der Waals surface area contributed by atoms with Gasteiger partial charge in [0.25, 0.3) is 0 Å². The minimum absolute atomic E-state index is 0.663. The standard InChI is InChI=1S/C5H9OSi/c1-4-6(5-2)7-3/h4-5H,1-2H2,3H3/q+1. The van der Waals surface area contributed by atoms with Gasteiger partial charge in [0.05, 0.1) is 0 Å². The van der Waals surface area contributed by atoms with Gasteiger partial charge in [0.15, 0.2) is 12.5 Å². The maximum Gasteiger partial charge on any atom is 0.610 e. The van der Waals surface area contributed by atoms with Crippen molar-refractivity contribution in [2.75, 3.05) is 0 Å². The Kier molecular flexibility index (Phi) is 3.41. The fourth-order valence-electron chi connectivity index (χ4n) is 0.235. The van der Waals surface area contributed by atoms with E-state index in [9.17, 15) is 0 Å². The molecule has 0 N–H and O–H groups in total. The molecule has 0 unspecified atom stereocenters. The van der Waals surface area contributed by atoms with Crippen molar-refractivity contribution in [3.63, 3.8) is 0 Å². The van der Waals surface area contributed by atoms with E-state index in [1.54, 1.807) is 12.5 Å². The van der Waals surface area contributed by atoms with Crippen LogP contribution in [0.25, 0.3) is 0 Å². The van der Waals surface area contributed by atoms with Gasteiger partial charge in [-0.15, -0.1) is 0 Å². The van der Waals surface area contributed by atoms with Gasteiger partial charge in [0, 0.05) is 6.55 Å². The van der Waals surface area contributed by atoms with E-state index in [1.165, 1.54) is 0 Å². The first-order chi connectivity index (χ1) is 3.35. The second-order valence-corrected chi connectivity index (χ2v) is 1.79. The second-order valence-electron chi connectivity index (χ2n) is 0.909. The normalized spacial score (nSPS) is 7.57. The van der Waals surface area contributed by atoms with Gasteiger partial charge in [-0.1, -0.05) is 0 Å². The van der Waals surface area contributed by atoms with Crippen LogP contribution < -0.4 is 0 Å². The van der Waals surface area contributed by atoms with E-state index >= 15 is 0 Å². The van der Waals surface area contributed by atoms with Gasteiger partial charge in [-0.3, -0.25) is 0 Å². The van der Waals surface area contributed by atoms with Crippen LogP contribution in [-0.4, -0.2) is 9.76 Å². The predicted octanol–water partition coefficient (Wildman–Crippen LogP) is 1.49. The molecule has 0 atom stereocenters. The highest BCUT2D eigenvalue weighted by molar-refractivity contribution is 6.26. The molecule has 0 aromatic carbocycles. The van der Waals surface area contributed by atoms with E-state index in [4.69, 9.17) is 0 Å². The van der Waals surface area contributed by atoms with Gasteiger partial charge in [0.2, 0.25) is 0 Å². The van der Waals surface area contributed by atoms with Crippen LogP contribution in [-0.2, 0) is 4.06 Å². The van der Waals surface area contributed by atoms with Crippen molar-refractivity contribution in [3.05, 3.63) is 25.7 Å². The summed E-state index contributed by atoms with van der Waals surface area (Å²) in [4.78, 5) is 0. The van der Waals surface area contributed by atoms with E-state index in [0.29, 0.717) is 9.76 Å². The van der Waals surface area contributed by atoms with Gasteiger partial charge in [-0.05, 0) is 13.2 Å². The average Bonchev–Trinajstić information content (AvgIpc) is 1.72. The largest absolute Gasteiger partial charge is 0.647 e. The molecule has 2 radical (unpaired) electrons. The van der Waals surface area contributed by atoms with Crippen LogP contribution in [0.5, 0.6) is 0 Å². The molecule has 0 rings (SSSR count). The summed E-state index contributed by atoms with van der Waals surface area (Å²) in [7, 11) is 0.663. The van der Waals surface area contributed by atoms with Crippen LogP contribution in [0.3, 0.4) is 0 Å². The van der Waals surface area contributed by atoms with Crippen molar-refractivity contribution >= 4 is 9.76 Å². The summed E-state index contributed by atoms with van der Waals surface area (Å²) in [5.41, 5.74) is 0. The molecule has 0 aliphatic heterocycles. The lowest BCUT2D eigenvalue weighted by molar-refractivity contribution is 0.247. The monoisotopic (exact) mass is 113 g/mol. The molecule has 0 saturated carbocycles. The maximum absolute atomic E-state index is 3.53. The molecular weight excluding hydrogens is 104 g/mol. The molecule has 0 bridgehead atoms. The molecule has 0 aliphatic rings. The van der Waals surface area contributed by atoms with Gasteiger partial charge < -0.3 is 4.06 Å². The Morgan fingerprint density at radius 2 is 1.86 bits per heavy atom. The van der Waals surface area contributed by atoms with E-state index in [1.807, 2.05) is 6.55 Å². The first-order valence-electron chi connectivity index (χ1n) is 1.99. The highest BCUT2D eigenvalue weighted by Crippen LogP contribution is 1.90. The van der Waals surface area contributed by atoms with Gasteiger partial charge in [-0.2, -0.15) is 0 Å². The van der Waals surface area contributed by atoms with Crippen molar-refractivity contribution < 1.29 is 4.06 Å². The molecule has 7 heavy (non-hydrogen) atoms. The van der Waals surface area contributed by atoms with Crippen LogP contribution >= 0.6 is 0 Å². The van der Waals surface area contributed by atoms with Crippen LogP contribution in [0.1, 0.15) is 0 Å². The SMILES string of the molecule is C=C[O+](C=C)[Si]C. The summed E-state index contributed by atoms with van der Waals surface area (Å²) in [6, 6.07) is 0. The Labute approximate surface area is 47.0 Å². The number of hydrogen-bond donors (Lipinski definition) is 0. The van der Waals surface area contributed by atoms with E-state index in [2.05, 4.69) is 17.2 Å². The zero-order valence-electron chi connectivity index (χ0n) is 4.48. The highest BCUT2D eigenvalue weighted by Gasteiger charge is 1.94. The molecular formula is C5H9OSi+. The summed E-state index contributed by atoms with van der Waals surface area (Å²) in [6.45, 7) is 9.09. The molecule has 0 aromatic heterocycles. The molecule has 0 spiro atoms. The first kappa shape index (κ1) is 6.50. The Balaban J connectivity index is 3.36. The third-order valence-electron chi connectivity index (χ3n) is 0.595. The third kappa shape index (κ3) is 2.22. The van der Waals surface area contributed by atoms with Crippen molar-refractivity contribution in [1.82, 2.24) is 0 Å². The summed E-state index contributed by atoms with van der Waals surface area (Å²) in [5.74, 6) is 0. The topological polar surface area (TPSA) is 2.70 Å². The zero-order valence-corrected chi connectivity index (χ0v) is 5.48. The van der Waals surface area contributed by atoms with Crippen LogP contribution in [0.4, 0.5) is 0 Å². The van der Waals surface area contributed by atoms with Crippen molar-refractivity contribution in [3.8, 4) is 0 Å². The minimum atomic E-state index is 0.663. The second kappa shape index (κ2) is 3.68. The maximum atomic E-state index is 3.53. The lowest BCUT2D eigenvalue weighted by Gasteiger charge is -2.08. The molecule has 2 heteroatoms. The summed E-state index contributed by atoms with van der Waals surface area (Å²) in [5, 5.41) is 0. The fourth-order valence-corrected chi connectivity index (χ4v) is 0.568. The Morgan fingerprint density at radius 1 is 1.43 bits per heavy atom. The smallest absolute Gasteiger partial charge is 0.610 e. The Bertz CT molecular complexity index is 62.5. The fraction of sp³-hybridized carbons (Fsp3) is 0.200. The van der Waals surface area contributed by atoms with E-state index in [-0.39, 0.29) is 0 Å². The van der Waals surface area contributed by atoms with Gasteiger partial charge in [-0.25, -0.2) is 0 Å². The molecule has 0 fully saturated rings. The molecule has 0 amide bonds. The molecule has 1 nitrogen and oxygen atoms in total. The Hall–Kier alpha value is -0.503. The molecule has 0 saturated heterocycles. The Morgan fingerprint density at radius 3 is 1.86 bits per heavy atom. The third-order valence-corrected chi connectivity index (χ3v) is 1.40. The summed E-state index contributed by atoms with van der Waals surface area (Å²) >= 11 is 0. The van der Waals surface area contributed by atoms with Gasteiger partial charge in [0.1, 0.15) is 0 Å².